The lowest BCUT2D eigenvalue weighted by Gasteiger charge is -2.40. The van der Waals surface area contributed by atoms with Crippen LogP contribution in [0.1, 0.15) is 20.8 Å². The first-order valence-electron chi connectivity index (χ1n) is 5.01. The second-order valence-electron chi connectivity index (χ2n) is 3.87. The fourth-order valence-electron chi connectivity index (χ4n) is 1.66. The van der Waals surface area contributed by atoms with Crippen molar-refractivity contribution in [1.29, 1.82) is 0 Å². The summed E-state index contributed by atoms with van der Waals surface area (Å²) in [5.41, 5.74) is 0. The standard InChI is InChI=1S/C10H18O5/c1-5-6(2)14-10(13-4)9(8(5)12)15-7(3)11/h5-6,8-10,12H,1-4H3/t5-,6?,8-,9?,10+/m0/s1. The van der Waals surface area contributed by atoms with E-state index in [0.717, 1.165) is 0 Å². The highest BCUT2D eigenvalue weighted by atomic mass is 16.7. The maximum atomic E-state index is 10.9. The van der Waals surface area contributed by atoms with Crippen molar-refractivity contribution in [2.24, 2.45) is 5.92 Å². The summed E-state index contributed by atoms with van der Waals surface area (Å²) in [7, 11) is 1.45. The van der Waals surface area contributed by atoms with Gasteiger partial charge < -0.3 is 19.3 Å². The van der Waals surface area contributed by atoms with Crippen LogP contribution in [0.25, 0.3) is 0 Å². The van der Waals surface area contributed by atoms with E-state index in [9.17, 15) is 9.90 Å². The molecule has 5 nitrogen and oxygen atoms in total. The number of ether oxygens (including phenoxy) is 3. The van der Waals surface area contributed by atoms with Gasteiger partial charge in [0.2, 0.25) is 0 Å². The van der Waals surface area contributed by atoms with Gasteiger partial charge in [-0.3, -0.25) is 4.79 Å². The minimum Gasteiger partial charge on any atom is -0.454 e. The van der Waals surface area contributed by atoms with Crippen LogP contribution >= 0.6 is 0 Å². The molecule has 0 spiro atoms. The molecule has 0 radical (unpaired) electrons. The van der Waals surface area contributed by atoms with E-state index >= 15 is 0 Å². The summed E-state index contributed by atoms with van der Waals surface area (Å²) in [6.45, 7) is 4.99. The topological polar surface area (TPSA) is 65.0 Å². The Hall–Kier alpha value is -0.650. The summed E-state index contributed by atoms with van der Waals surface area (Å²) in [4.78, 5) is 10.9. The van der Waals surface area contributed by atoms with Gasteiger partial charge in [0.05, 0.1) is 6.10 Å². The van der Waals surface area contributed by atoms with Crippen LogP contribution in [-0.2, 0) is 19.0 Å². The van der Waals surface area contributed by atoms with E-state index in [4.69, 9.17) is 14.2 Å². The average Bonchev–Trinajstić information content (AvgIpc) is 2.18. The van der Waals surface area contributed by atoms with E-state index in [1.807, 2.05) is 13.8 Å². The second kappa shape index (κ2) is 4.92. The molecule has 0 amide bonds. The largest absolute Gasteiger partial charge is 0.454 e. The van der Waals surface area contributed by atoms with Crippen LogP contribution < -0.4 is 0 Å². The summed E-state index contributed by atoms with van der Waals surface area (Å²) in [5.74, 6) is -0.549. The number of aliphatic hydroxyl groups excluding tert-OH is 1. The van der Waals surface area contributed by atoms with E-state index in [2.05, 4.69) is 0 Å². The van der Waals surface area contributed by atoms with Crippen molar-refractivity contribution < 1.29 is 24.1 Å². The molecule has 1 rings (SSSR count). The molecule has 0 bridgehead atoms. The minimum atomic E-state index is -0.761. The van der Waals surface area contributed by atoms with Gasteiger partial charge in [0.25, 0.3) is 0 Å². The molecule has 1 heterocycles. The molecule has 1 fully saturated rings. The van der Waals surface area contributed by atoms with Crippen molar-refractivity contribution in [1.82, 2.24) is 0 Å². The van der Waals surface area contributed by atoms with Gasteiger partial charge in [-0.1, -0.05) is 6.92 Å². The number of carbonyl (C=O) groups excluding carboxylic acids is 1. The lowest BCUT2D eigenvalue weighted by atomic mass is 9.91. The normalized spacial score (nSPS) is 41.3. The molecule has 0 aliphatic carbocycles. The summed E-state index contributed by atoms with van der Waals surface area (Å²) >= 11 is 0. The Balaban J connectivity index is 2.75. The first-order chi connectivity index (χ1) is 6.97. The summed E-state index contributed by atoms with van der Waals surface area (Å²) in [6.07, 6.45) is -2.34. The number of aliphatic hydroxyl groups is 1. The average molecular weight is 218 g/mol. The number of esters is 1. The molecular weight excluding hydrogens is 200 g/mol. The molecule has 1 aliphatic rings. The Morgan fingerprint density at radius 3 is 2.47 bits per heavy atom. The number of hydrogen-bond donors (Lipinski definition) is 1. The van der Waals surface area contributed by atoms with Gasteiger partial charge in [-0.25, -0.2) is 0 Å². The van der Waals surface area contributed by atoms with Crippen LogP contribution in [0.4, 0.5) is 0 Å². The fraction of sp³-hybridized carbons (Fsp3) is 0.900. The van der Waals surface area contributed by atoms with Gasteiger partial charge in [-0.05, 0) is 6.92 Å². The molecule has 1 aliphatic heterocycles. The monoisotopic (exact) mass is 218 g/mol. The lowest BCUT2D eigenvalue weighted by Crippen LogP contribution is -2.54. The SMILES string of the molecule is CO[C@@H]1OC(C)[C@H](C)[C@H](O)C1OC(C)=O. The third-order valence-corrected chi connectivity index (χ3v) is 2.77. The van der Waals surface area contributed by atoms with E-state index in [1.165, 1.54) is 14.0 Å². The van der Waals surface area contributed by atoms with Crippen LogP contribution in [-0.4, -0.2) is 42.8 Å². The molecule has 1 N–H and O–H groups in total. The van der Waals surface area contributed by atoms with E-state index in [-0.39, 0.29) is 12.0 Å². The van der Waals surface area contributed by atoms with Gasteiger partial charge in [-0.2, -0.15) is 0 Å². The smallest absolute Gasteiger partial charge is 0.303 e. The van der Waals surface area contributed by atoms with Gasteiger partial charge >= 0.3 is 5.97 Å². The summed E-state index contributed by atoms with van der Waals surface area (Å²) in [6, 6.07) is 0. The van der Waals surface area contributed by atoms with Crippen molar-refractivity contribution in [3.05, 3.63) is 0 Å². The van der Waals surface area contributed by atoms with Crippen molar-refractivity contribution in [2.75, 3.05) is 7.11 Å². The number of methoxy groups -OCH3 is 1. The quantitative estimate of drug-likeness (QED) is 0.675. The molecule has 88 valence electrons. The molecule has 0 saturated carbocycles. The first kappa shape index (κ1) is 12.4. The van der Waals surface area contributed by atoms with Crippen molar-refractivity contribution in [3.63, 3.8) is 0 Å². The maximum Gasteiger partial charge on any atom is 0.303 e. The zero-order valence-electron chi connectivity index (χ0n) is 9.47. The summed E-state index contributed by atoms with van der Waals surface area (Å²) < 4.78 is 15.5. The molecule has 5 atom stereocenters. The highest BCUT2D eigenvalue weighted by Gasteiger charge is 2.43. The van der Waals surface area contributed by atoms with Crippen LogP contribution in [0.15, 0.2) is 0 Å². The number of carbonyl (C=O) groups is 1. The van der Waals surface area contributed by atoms with Gasteiger partial charge in [0.15, 0.2) is 12.4 Å². The maximum absolute atomic E-state index is 10.9. The Morgan fingerprint density at radius 1 is 1.40 bits per heavy atom. The highest BCUT2D eigenvalue weighted by Crippen LogP contribution is 2.27. The summed E-state index contributed by atoms with van der Waals surface area (Å²) in [5, 5.41) is 9.92. The Morgan fingerprint density at radius 2 is 2.00 bits per heavy atom. The lowest BCUT2D eigenvalue weighted by molar-refractivity contribution is -0.276. The van der Waals surface area contributed by atoms with Gasteiger partial charge in [0, 0.05) is 20.0 Å². The van der Waals surface area contributed by atoms with Crippen LogP contribution in [0, 0.1) is 5.92 Å². The zero-order chi connectivity index (χ0) is 11.6. The van der Waals surface area contributed by atoms with E-state index < -0.39 is 24.5 Å². The van der Waals surface area contributed by atoms with Crippen LogP contribution in [0.2, 0.25) is 0 Å². The van der Waals surface area contributed by atoms with Gasteiger partial charge in [0.1, 0.15) is 6.10 Å². The molecule has 2 unspecified atom stereocenters. The van der Waals surface area contributed by atoms with E-state index in [1.54, 1.807) is 0 Å². The molecule has 15 heavy (non-hydrogen) atoms. The van der Waals surface area contributed by atoms with Gasteiger partial charge in [-0.15, -0.1) is 0 Å². The Kier molecular flexibility index (Phi) is 4.07. The second-order valence-corrected chi connectivity index (χ2v) is 3.87. The Labute approximate surface area is 89.3 Å². The molecule has 5 heteroatoms. The molecule has 0 aromatic carbocycles. The zero-order valence-corrected chi connectivity index (χ0v) is 9.47. The van der Waals surface area contributed by atoms with Crippen LogP contribution in [0.5, 0.6) is 0 Å². The third kappa shape index (κ3) is 2.68. The fourth-order valence-corrected chi connectivity index (χ4v) is 1.66. The minimum absolute atomic E-state index is 0.0965. The number of rotatable bonds is 2. The van der Waals surface area contributed by atoms with E-state index in [0.29, 0.717) is 0 Å². The van der Waals surface area contributed by atoms with Crippen molar-refractivity contribution >= 4 is 5.97 Å². The first-order valence-corrected chi connectivity index (χ1v) is 5.01. The van der Waals surface area contributed by atoms with Crippen LogP contribution in [0.3, 0.4) is 0 Å². The predicted octanol–water partition coefficient (Wildman–Crippen LogP) is 0.306. The molecule has 0 aromatic heterocycles. The predicted molar refractivity (Wildman–Crippen MR) is 52.1 cm³/mol. The molecule has 1 saturated heterocycles. The van der Waals surface area contributed by atoms with Crippen molar-refractivity contribution in [2.45, 2.75) is 45.4 Å². The number of hydrogen-bond acceptors (Lipinski definition) is 5. The Bertz CT molecular complexity index is 228. The molecule has 0 aromatic rings. The molecular formula is C10H18O5. The van der Waals surface area contributed by atoms with Crippen molar-refractivity contribution in [3.8, 4) is 0 Å². The highest BCUT2D eigenvalue weighted by molar-refractivity contribution is 5.66. The third-order valence-electron chi connectivity index (χ3n) is 2.77.